The van der Waals surface area contributed by atoms with E-state index in [4.69, 9.17) is 9.84 Å². The summed E-state index contributed by atoms with van der Waals surface area (Å²) in [6, 6.07) is 4.18. The van der Waals surface area contributed by atoms with Gasteiger partial charge in [0.1, 0.15) is 5.75 Å². The summed E-state index contributed by atoms with van der Waals surface area (Å²) in [6.45, 7) is 2.23. The predicted octanol–water partition coefficient (Wildman–Crippen LogP) is 1.60. The van der Waals surface area contributed by atoms with Gasteiger partial charge in [-0.2, -0.15) is 0 Å². The van der Waals surface area contributed by atoms with E-state index in [-0.39, 0.29) is 11.1 Å². The molecule has 0 spiro atoms. The first-order valence-corrected chi connectivity index (χ1v) is 4.14. The molecule has 0 atom stereocenters. The molecule has 0 saturated heterocycles. The molecule has 74 valence electrons. The number of aldehydes is 1. The number of carboxylic acids is 1. The standard InChI is InChI=1S/C10H10O4/c1-2-14-9-4-3-7(10(12)13)5-8(9)6-11/h3-6H,2H2,1H3,(H,12,13). The van der Waals surface area contributed by atoms with Crippen LogP contribution in [0.5, 0.6) is 5.75 Å². The Balaban J connectivity index is 3.11. The highest BCUT2D eigenvalue weighted by Gasteiger charge is 2.08. The summed E-state index contributed by atoms with van der Waals surface area (Å²) in [5.74, 6) is -0.649. The second-order valence-corrected chi connectivity index (χ2v) is 2.61. The van der Waals surface area contributed by atoms with E-state index in [1.165, 1.54) is 18.2 Å². The minimum absolute atomic E-state index is 0.0792. The SMILES string of the molecule is CCOc1ccc(C(=O)O)cc1C=O. The molecule has 0 unspecified atom stereocenters. The summed E-state index contributed by atoms with van der Waals surface area (Å²) in [4.78, 5) is 21.2. The molecule has 4 heteroatoms. The van der Waals surface area contributed by atoms with Crippen LogP contribution >= 0.6 is 0 Å². The van der Waals surface area contributed by atoms with Crippen LogP contribution < -0.4 is 4.74 Å². The molecule has 1 aromatic carbocycles. The van der Waals surface area contributed by atoms with Crippen LogP contribution in [0.25, 0.3) is 0 Å². The average Bonchev–Trinajstić information content (AvgIpc) is 2.18. The second-order valence-electron chi connectivity index (χ2n) is 2.61. The van der Waals surface area contributed by atoms with Gasteiger partial charge in [-0.3, -0.25) is 4.79 Å². The van der Waals surface area contributed by atoms with E-state index < -0.39 is 5.97 Å². The first kappa shape index (κ1) is 10.2. The molecule has 1 N–H and O–H groups in total. The number of carboxylic acid groups (broad SMARTS) is 1. The van der Waals surface area contributed by atoms with Gasteiger partial charge < -0.3 is 9.84 Å². The summed E-state index contributed by atoms with van der Waals surface area (Å²) < 4.78 is 5.14. The maximum Gasteiger partial charge on any atom is 0.335 e. The first-order chi connectivity index (χ1) is 6.69. The smallest absolute Gasteiger partial charge is 0.335 e. The number of carbonyl (C=O) groups is 2. The van der Waals surface area contributed by atoms with Crippen LogP contribution in [0.2, 0.25) is 0 Å². The molecule has 0 fully saturated rings. The Morgan fingerprint density at radius 2 is 2.29 bits per heavy atom. The molecule has 1 aromatic rings. The van der Waals surface area contributed by atoms with Crippen LogP contribution in [0.15, 0.2) is 18.2 Å². The largest absolute Gasteiger partial charge is 0.493 e. The molecule has 0 aromatic heterocycles. The van der Waals surface area contributed by atoms with Gasteiger partial charge in [-0.25, -0.2) is 4.79 Å². The van der Waals surface area contributed by atoms with Gasteiger partial charge in [-0.1, -0.05) is 0 Å². The number of ether oxygens (including phenoxy) is 1. The molecule has 14 heavy (non-hydrogen) atoms. The Morgan fingerprint density at radius 3 is 2.79 bits per heavy atom. The zero-order valence-electron chi connectivity index (χ0n) is 7.69. The van der Waals surface area contributed by atoms with Gasteiger partial charge in [-0.05, 0) is 25.1 Å². The minimum Gasteiger partial charge on any atom is -0.493 e. The first-order valence-electron chi connectivity index (χ1n) is 4.14. The highest BCUT2D eigenvalue weighted by molar-refractivity contribution is 5.91. The number of carbonyl (C=O) groups excluding carboxylic acids is 1. The van der Waals surface area contributed by atoms with Crippen molar-refractivity contribution in [1.29, 1.82) is 0 Å². The zero-order chi connectivity index (χ0) is 10.6. The minimum atomic E-state index is -1.06. The lowest BCUT2D eigenvalue weighted by Crippen LogP contribution is -2.00. The predicted molar refractivity (Wildman–Crippen MR) is 50.0 cm³/mol. The fourth-order valence-electron chi connectivity index (χ4n) is 1.06. The Hall–Kier alpha value is -1.84. The van der Waals surface area contributed by atoms with Gasteiger partial charge in [0, 0.05) is 0 Å². The van der Waals surface area contributed by atoms with Crippen LogP contribution in [-0.4, -0.2) is 24.0 Å². The highest BCUT2D eigenvalue weighted by atomic mass is 16.5. The van der Waals surface area contributed by atoms with Crippen LogP contribution in [0.1, 0.15) is 27.6 Å². The Labute approximate surface area is 81.1 Å². The number of aromatic carboxylic acids is 1. The third-order valence-electron chi connectivity index (χ3n) is 1.68. The molecule has 0 heterocycles. The van der Waals surface area contributed by atoms with Crippen molar-refractivity contribution >= 4 is 12.3 Å². The molecule has 1 rings (SSSR count). The fourth-order valence-corrected chi connectivity index (χ4v) is 1.06. The van der Waals surface area contributed by atoms with Crippen LogP contribution in [0, 0.1) is 0 Å². The van der Waals surface area contributed by atoms with E-state index in [0.717, 1.165) is 0 Å². The van der Waals surface area contributed by atoms with Gasteiger partial charge in [0.15, 0.2) is 6.29 Å². The number of benzene rings is 1. The average molecular weight is 194 g/mol. The lowest BCUT2D eigenvalue weighted by Gasteiger charge is -2.05. The molecule has 4 nitrogen and oxygen atoms in total. The van der Waals surface area contributed by atoms with Crippen LogP contribution in [-0.2, 0) is 0 Å². The van der Waals surface area contributed by atoms with Crippen LogP contribution in [0.4, 0.5) is 0 Å². The summed E-state index contributed by atoms with van der Waals surface area (Å²) >= 11 is 0. The van der Waals surface area contributed by atoms with Gasteiger partial charge in [0.25, 0.3) is 0 Å². The lowest BCUT2D eigenvalue weighted by molar-refractivity contribution is 0.0697. The fraction of sp³-hybridized carbons (Fsp3) is 0.200. The molecular formula is C10H10O4. The Bertz CT molecular complexity index is 357. The van der Waals surface area contributed by atoms with Crippen molar-refractivity contribution in [3.63, 3.8) is 0 Å². The van der Waals surface area contributed by atoms with Crippen molar-refractivity contribution in [2.75, 3.05) is 6.61 Å². The van der Waals surface area contributed by atoms with Crippen molar-refractivity contribution in [3.05, 3.63) is 29.3 Å². The van der Waals surface area contributed by atoms with Crippen molar-refractivity contribution in [2.24, 2.45) is 0 Å². The van der Waals surface area contributed by atoms with E-state index in [1.54, 1.807) is 6.92 Å². The molecule has 0 aliphatic heterocycles. The van der Waals surface area contributed by atoms with Gasteiger partial charge in [-0.15, -0.1) is 0 Å². The van der Waals surface area contributed by atoms with E-state index in [1.807, 2.05) is 0 Å². The lowest BCUT2D eigenvalue weighted by atomic mass is 10.1. The molecule has 0 amide bonds. The molecule has 0 radical (unpaired) electrons. The molecule has 0 bridgehead atoms. The van der Waals surface area contributed by atoms with Crippen molar-refractivity contribution in [1.82, 2.24) is 0 Å². The van der Waals surface area contributed by atoms with Gasteiger partial charge in [0.2, 0.25) is 0 Å². The number of rotatable bonds is 4. The van der Waals surface area contributed by atoms with E-state index in [9.17, 15) is 9.59 Å². The van der Waals surface area contributed by atoms with Crippen molar-refractivity contribution < 1.29 is 19.4 Å². The number of hydrogen-bond acceptors (Lipinski definition) is 3. The summed E-state index contributed by atoms with van der Waals surface area (Å²) in [6.07, 6.45) is 0.581. The van der Waals surface area contributed by atoms with Crippen LogP contribution in [0.3, 0.4) is 0 Å². The maximum atomic E-state index is 10.6. The van der Waals surface area contributed by atoms with Gasteiger partial charge >= 0.3 is 5.97 Å². The van der Waals surface area contributed by atoms with Gasteiger partial charge in [0.05, 0.1) is 17.7 Å². The normalized spacial score (nSPS) is 9.50. The Kier molecular flexibility index (Phi) is 3.23. The summed E-state index contributed by atoms with van der Waals surface area (Å²) in [5.41, 5.74) is 0.335. The molecular weight excluding hydrogens is 184 g/mol. The maximum absolute atomic E-state index is 10.6. The van der Waals surface area contributed by atoms with E-state index in [0.29, 0.717) is 18.6 Å². The monoisotopic (exact) mass is 194 g/mol. The van der Waals surface area contributed by atoms with E-state index in [2.05, 4.69) is 0 Å². The van der Waals surface area contributed by atoms with E-state index >= 15 is 0 Å². The third-order valence-corrected chi connectivity index (χ3v) is 1.68. The summed E-state index contributed by atoms with van der Waals surface area (Å²) in [7, 11) is 0. The Morgan fingerprint density at radius 1 is 1.57 bits per heavy atom. The third kappa shape index (κ3) is 2.10. The summed E-state index contributed by atoms with van der Waals surface area (Å²) in [5, 5.41) is 8.67. The second kappa shape index (κ2) is 4.41. The van der Waals surface area contributed by atoms with Crippen molar-refractivity contribution in [3.8, 4) is 5.75 Å². The zero-order valence-corrected chi connectivity index (χ0v) is 7.69. The highest BCUT2D eigenvalue weighted by Crippen LogP contribution is 2.18. The van der Waals surface area contributed by atoms with Crippen molar-refractivity contribution in [2.45, 2.75) is 6.92 Å². The quantitative estimate of drug-likeness (QED) is 0.739. The molecule has 0 saturated carbocycles. The topological polar surface area (TPSA) is 63.6 Å². The molecule has 0 aliphatic rings. The number of hydrogen-bond donors (Lipinski definition) is 1. The molecule has 0 aliphatic carbocycles.